The first-order valence-electron chi connectivity index (χ1n) is 12.6. The summed E-state index contributed by atoms with van der Waals surface area (Å²) in [6.45, 7) is 12.6. The molecule has 28 heavy (non-hydrogen) atoms. The van der Waals surface area contributed by atoms with Crippen molar-refractivity contribution in [1.29, 1.82) is 0 Å². The Hall–Kier alpha value is -0.300. The van der Waals surface area contributed by atoms with Gasteiger partial charge in [-0.15, -0.1) is 0 Å². The van der Waals surface area contributed by atoms with Gasteiger partial charge in [-0.25, -0.2) is 0 Å². The van der Waals surface area contributed by atoms with E-state index in [1.54, 1.807) is 5.57 Å². The summed E-state index contributed by atoms with van der Waals surface area (Å²) in [5.41, 5.74) is 2.61. The molecule has 0 saturated heterocycles. The standard InChI is InChI=1S/C27H46O/c1-18(2)7-6-8-19(3)23-11-12-24-22-10-9-20-17-21(28)13-15-26(20,4)25(22)14-16-27(23,24)5/h17-19,21-25,28H,6-16H2,1-5H3/t19-,21+,22+,23-,24+,25+,26+,27-/m1/s1. The predicted octanol–water partition coefficient (Wildman–Crippen LogP) is 7.39. The molecule has 1 nitrogen and oxygen atoms in total. The number of hydrogen-bond acceptors (Lipinski definition) is 1. The van der Waals surface area contributed by atoms with Gasteiger partial charge in [-0.1, -0.05) is 65.5 Å². The molecular formula is C27H46O. The van der Waals surface area contributed by atoms with Gasteiger partial charge in [0, 0.05) is 0 Å². The summed E-state index contributed by atoms with van der Waals surface area (Å²) in [6, 6.07) is 0. The molecule has 4 aliphatic rings. The SMILES string of the molecule is CC(C)CCC[C@@H](C)[C@H]1CC[C@H]2[C@@H]3CCC4=C[C@@H](O)CC[C@]4(C)[C@H]3CC[C@]12C. The number of allylic oxidation sites excluding steroid dienone is 1. The molecular weight excluding hydrogens is 340 g/mol. The minimum Gasteiger partial charge on any atom is -0.389 e. The van der Waals surface area contributed by atoms with Gasteiger partial charge in [0.15, 0.2) is 0 Å². The van der Waals surface area contributed by atoms with Gasteiger partial charge in [0.05, 0.1) is 6.10 Å². The molecule has 0 amide bonds. The zero-order valence-electron chi connectivity index (χ0n) is 19.3. The van der Waals surface area contributed by atoms with E-state index in [9.17, 15) is 5.11 Å². The Morgan fingerprint density at radius 1 is 0.964 bits per heavy atom. The first-order chi connectivity index (χ1) is 13.3. The van der Waals surface area contributed by atoms with Crippen molar-refractivity contribution >= 4 is 0 Å². The van der Waals surface area contributed by atoms with E-state index in [1.165, 1.54) is 64.2 Å². The molecule has 0 heterocycles. The summed E-state index contributed by atoms with van der Waals surface area (Å²) in [5, 5.41) is 10.2. The highest BCUT2D eigenvalue weighted by Crippen LogP contribution is 2.67. The van der Waals surface area contributed by atoms with Crippen molar-refractivity contribution in [3.63, 3.8) is 0 Å². The highest BCUT2D eigenvalue weighted by Gasteiger charge is 2.59. The molecule has 0 aromatic carbocycles. The van der Waals surface area contributed by atoms with Crippen LogP contribution in [0.5, 0.6) is 0 Å². The summed E-state index contributed by atoms with van der Waals surface area (Å²) < 4.78 is 0. The summed E-state index contributed by atoms with van der Waals surface area (Å²) in [4.78, 5) is 0. The van der Waals surface area contributed by atoms with E-state index in [4.69, 9.17) is 0 Å². The van der Waals surface area contributed by atoms with Crippen LogP contribution in [0.3, 0.4) is 0 Å². The molecule has 3 fully saturated rings. The molecule has 0 spiro atoms. The van der Waals surface area contributed by atoms with Gasteiger partial charge < -0.3 is 5.11 Å². The van der Waals surface area contributed by atoms with Crippen LogP contribution in [0.2, 0.25) is 0 Å². The highest BCUT2D eigenvalue weighted by atomic mass is 16.3. The normalized spacial score (nSPS) is 46.5. The Morgan fingerprint density at radius 3 is 2.50 bits per heavy atom. The third kappa shape index (κ3) is 3.42. The van der Waals surface area contributed by atoms with Gasteiger partial charge in [0.1, 0.15) is 0 Å². The lowest BCUT2D eigenvalue weighted by Gasteiger charge is -2.59. The lowest BCUT2D eigenvalue weighted by molar-refractivity contribution is -0.0626. The van der Waals surface area contributed by atoms with Gasteiger partial charge in [0.25, 0.3) is 0 Å². The van der Waals surface area contributed by atoms with E-state index in [2.05, 4.69) is 40.7 Å². The zero-order valence-corrected chi connectivity index (χ0v) is 19.3. The van der Waals surface area contributed by atoms with Crippen LogP contribution in [0, 0.1) is 46.3 Å². The van der Waals surface area contributed by atoms with E-state index in [0.29, 0.717) is 10.8 Å². The molecule has 0 unspecified atom stereocenters. The fraction of sp³-hybridized carbons (Fsp3) is 0.926. The van der Waals surface area contributed by atoms with E-state index < -0.39 is 0 Å². The number of fused-ring (bicyclic) bond motifs is 5. The van der Waals surface area contributed by atoms with Crippen LogP contribution in [-0.4, -0.2) is 11.2 Å². The number of aliphatic hydroxyl groups excluding tert-OH is 1. The molecule has 3 saturated carbocycles. The van der Waals surface area contributed by atoms with Crippen LogP contribution in [0.4, 0.5) is 0 Å². The van der Waals surface area contributed by atoms with Crippen LogP contribution in [0.15, 0.2) is 11.6 Å². The topological polar surface area (TPSA) is 20.2 Å². The first kappa shape index (κ1) is 21.0. The second kappa shape index (κ2) is 7.75. The summed E-state index contributed by atoms with van der Waals surface area (Å²) in [7, 11) is 0. The van der Waals surface area contributed by atoms with Crippen molar-refractivity contribution in [3.05, 3.63) is 11.6 Å². The summed E-state index contributed by atoms with van der Waals surface area (Å²) in [5.74, 6) is 5.52. The number of hydrogen-bond donors (Lipinski definition) is 1. The smallest absolute Gasteiger partial charge is 0.0724 e. The molecule has 1 N–H and O–H groups in total. The molecule has 0 aliphatic heterocycles. The molecule has 0 aromatic rings. The van der Waals surface area contributed by atoms with Crippen LogP contribution in [-0.2, 0) is 0 Å². The molecule has 0 radical (unpaired) electrons. The predicted molar refractivity (Wildman–Crippen MR) is 119 cm³/mol. The number of aliphatic hydroxyl groups is 1. The average Bonchev–Trinajstić information content (AvgIpc) is 2.99. The van der Waals surface area contributed by atoms with E-state index >= 15 is 0 Å². The second-order valence-electron chi connectivity index (χ2n) is 12.2. The lowest BCUT2D eigenvalue weighted by Crippen LogP contribution is -2.51. The molecule has 4 aliphatic carbocycles. The molecule has 0 aromatic heterocycles. The van der Waals surface area contributed by atoms with Crippen molar-refractivity contribution in [2.24, 2.45) is 46.3 Å². The first-order valence-corrected chi connectivity index (χ1v) is 12.6. The highest BCUT2D eigenvalue weighted by molar-refractivity contribution is 5.25. The van der Waals surface area contributed by atoms with Crippen molar-refractivity contribution in [3.8, 4) is 0 Å². The Balaban J connectivity index is 1.48. The van der Waals surface area contributed by atoms with Gasteiger partial charge in [-0.3, -0.25) is 0 Å². The zero-order chi connectivity index (χ0) is 20.1. The Labute approximate surface area is 174 Å². The van der Waals surface area contributed by atoms with Gasteiger partial charge in [0.2, 0.25) is 0 Å². The second-order valence-corrected chi connectivity index (χ2v) is 12.2. The van der Waals surface area contributed by atoms with Gasteiger partial charge in [-0.05, 0) is 97.7 Å². The average molecular weight is 387 g/mol. The Morgan fingerprint density at radius 2 is 1.75 bits per heavy atom. The van der Waals surface area contributed by atoms with Gasteiger partial charge in [-0.2, -0.15) is 0 Å². The maximum Gasteiger partial charge on any atom is 0.0724 e. The molecule has 4 rings (SSSR count). The Kier molecular flexibility index (Phi) is 5.80. The third-order valence-electron chi connectivity index (χ3n) is 10.3. The minimum absolute atomic E-state index is 0.170. The Bertz CT molecular complexity index is 591. The molecule has 1 heteroatoms. The van der Waals surface area contributed by atoms with Crippen molar-refractivity contribution in [2.75, 3.05) is 0 Å². The summed E-state index contributed by atoms with van der Waals surface area (Å²) >= 11 is 0. The van der Waals surface area contributed by atoms with Crippen molar-refractivity contribution in [1.82, 2.24) is 0 Å². The maximum atomic E-state index is 10.2. The van der Waals surface area contributed by atoms with Crippen molar-refractivity contribution < 1.29 is 5.11 Å². The molecule has 160 valence electrons. The van der Waals surface area contributed by atoms with Crippen molar-refractivity contribution in [2.45, 2.75) is 111 Å². The van der Waals surface area contributed by atoms with Crippen LogP contribution < -0.4 is 0 Å². The van der Waals surface area contributed by atoms with Crippen LogP contribution >= 0.6 is 0 Å². The third-order valence-corrected chi connectivity index (χ3v) is 10.3. The lowest BCUT2D eigenvalue weighted by atomic mass is 9.46. The minimum atomic E-state index is -0.170. The maximum absolute atomic E-state index is 10.2. The monoisotopic (exact) mass is 386 g/mol. The fourth-order valence-corrected chi connectivity index (χ4v) is 8.73. The number of rotatable bonds is 5. The van der Waals surface area contributed by atoms with E-state index in [-0.39, 0.29) is 6.10 Å². The quantitative estimate of drug-likeness (QED) is 0.488. The molecule has 0 bridgehead atoms. The van der Waals surface area contributed by atoms with Crippen LogP contribution in [0.25, 0.3) is 0 Å². The van der Waals surface area contributed by atoms with E-state index in [1.807, 2.05) is 0 Å². The molecule has 8 atom stereocenters. The summed E-state index contributed by atoms with van der Waals surface area (Å²) in [6.07, 6.45) is 17.1. The van der Waals surface area contributed by atoms with Crippen LogP contribution in [0.1, 0.15) is 105 Å². The fourth-order valence-electron chi connectivity index (χ4n) is 8.73. The van der Waals surface area contributed by atoms with Gasteiger partial charge >= 0.3 is 0 Å². The van der Waals surface area contributed by atoms with E-state index in [0.717, 1.165) is 41.9 Å². The largest absolute Gasteiger partial charge is 0.389 e.